The molecule has 0 bridgehead atoms. The van der Waals surface area contributed by atoms with Gasteiger partial charge in [0.05, 0.1) is 0 Å². The molecule has 0 saturated carbocycles. The summed E-state index contributed by atoms with van der Waals surface area (Å²) in [6.45, 7) is -5.66. The molecule has 0 aromatic rings. The first-order valence-electron chi connectivity index (χ1n) is 9.76. The van der Waals surface area contributed by atoms with Crippen molar-refractivity contribution < 1.29 is 58.7 Å². The molecule has 0 aromatic heterocycles. The van der Waals surface area contributed by atoms with Crippen LogP contribution in [0.5, 0.6) is 0 Å². The molecule has 196 valence electrons. The third-order valence-corrected chi connectivity index (χ3v) is 4.76. The maximum Gasteiger partial charge on any atom is 0.471 e. The second kappa shape index (κ2) is 11.6. The van der Waals surface area contributed by atoms with Gasteiger partial charge in [-0.2, -0.15) is 39.5 Å². The molecule has 1 fully saturated rings. The molecule has 8 nitrogen and oxygen atoms in total. The monoisotopic (exact) mass is 516 g/mol. The van der Waals surface area contributed by atoms with Crippen molar-refractivity contribution in [2.75, 3.05) is 52.4 Å². The van der Waals surface area contributed by atoms with Gasteiger partial charge in [0.2, 0.25) is 6.41 Å². The van der Waals surface area contributed by atoms with Gasteiger partial charge in [0, 0.05) is 52.4 Å². The predicted octanol–water partition coefficient (Wildman–Crippen LogP) is 1.41. The highest BCUT2D eigenvalue weighted by atomic mass is 19.4. The summed E-state index contributed by atoms with van der Waals surface area (Å²) in [5.41, 5.74) is 0. The van der Waals surface area contributed by atoms with Crippen LogP contribution in [0, 0.1) is 0 Å². The summed E-state index contributed by atoms with van der Waals surface area (Å²) in [4.78, 5) is 47.5. The zero-order valence-corrected chi connectivity index (χ0v) is 17.5. The fourth-order valence-electron chi connectivity index (χ4n) is 3.11. The lowest BCUT2D eigenvalue weighted by Gasteiger charge is -2.32. The summed E-state index contributed by atoms with van der Waals surface area (Å²) in [5, 5.41) is 0. The number of carbonyl (C=O) groups excluding carboxylic acids is 4. The molecule has 1 saturated heterocycles. The summed E-state index contributed by atoms with van der Waals surface area (Å²) in [6.07, 6.45) is -16.8. The summed E-state index contributed by atoms with van der Waals surface area (Å²) in [7, 11) is 0. The van der Waals surface area contributed by atoms with E-state index in [1.807, 2.05) is 0 Å². The Labute approximate surface area is 187 Å². The number of halogens is 9. The highest BCUT2D eigenvalue weighted by Crippen LogP contribution is 2.22. The molecule has 0 spiro atoms. The van der Waals surface area contributed by atoms with Crippen LogP contribution in [0.4, 0.5) is 39.5 Å². The van der Waals surface area contributed by atoms with Gasteiger partial charge in [-0.05, 0) is 12.8 Å². The Bertz CT molecular complexity index is 740. The molecule has 1 aliphatic heterocycles. The van der Waals surface area contributed by atoms with Crippen LogP contribution in [-0.4, -0.2) is 115 Å². The SMILES string of the molecule is O=CN1CCCN(C(=O)C(F)(F)F)CCN(C(=O)C(F)(F)F)CCCN(C(=O)C(F)(F)F)CC1. The Morgan fingerprint density at radius 3 is 1.09 bits per heavy atom. The van der Waals surface area contributed by atoms with Crippen LogP contribution < -0.4 is 0 Å². The Hall–Kier alpha value is -2.75. The van der Waals surface area contributed by atoms with Gasteiger partial charge in [0.1, 0.15) is 0 Å². The van der Waals surface area contributed by atoms with Crippen LogP contribution in [0.1, 0.15) is 12.8 Å². The molecule has 1 aliphatic rings. The number of carbonyl (C=O) groups is 4. The number of rotatable bonds is 1. The van der Waals surface area contributed by atoms with E-state index in [9.17, 15) is 58.7 Å². The zero-order valence-electron chi connectivity index (χ0n) is 17.5. The Balaban J connectivity index is 3.18. The minimum absolute atomic E-state index is 0.0659. The van der Waals surface area contributed by atoms with Crippen LogP contribution >= 0.6 is 0 Å². The van der Waals surface area contributed by atoms with E-state index in [-0.39, 0.29) is 34.1 Å². The van der Waals surface area contributed by atoms with E-state index in [4.69, 9.17) is 0 Å². The summed E-state index contributed by atoms with van der Waals surface area (Å²) < 4.78 is 116. The van der Waals surface area contributed by atoms with Gasteiger partial charge in [-0.3, -0.25) is 19.2 Å². The number of hydrogen-bond donors (Lipinski definition) is 0. The topological polar surface area (TPSA) is 81.2 Å². The lowest BCUT2D eigenvalue weighted by molar-refractivity contribution is -0.189. The number of alkyl halides is 9. The first kappa shape index (κ1) is 29.3. The minimum atomic E-state index is -5.43. The lowest BCUT2D eigenvalue weighted by Crippen LogP contribution is -2.50. The third-order valence-electron chi connectivity index (χ3n) is 4.76. The van der Waals surface area contributed by atoms with Crippen molar-refractivity contribution in [3.8, 4) is 0 Å². The van der Waals surface area contributed by atoms with Crippen molar-refractivity contribution in [2.45, 2.75) is 31.4 Å². The second-order valence-electron chi connectivity index (χ2n) is 7.22. The fourth-order valence-corrected chi connectivity index (χ4v) is 3.11. The van der Waals surface area contributed by atoms with E-state index < -0.39 is 88.5 Å². The maximum atomic E-state index is 12.9. The first-order valence-corrected chi connectivity index (χ1v) is 9.76. The van der Waals surface area contributed by atoms with E-state index in [2.05, 4.69) is 0 Å². The zero-order chi connectivity index (χ0) is 26.3. The highest BCUT2D eigenvalue weighted by Gasteiger charge is 2.45. The van der Waals surface area contributed by atoms with Crippen molar-refractivity contribution >= 4 is 24.1 Å². The van der Waals surface area contributed by atoms with Gasteiger partial charge >= 0.3 is 36.3 Å². The molecule has 4 amide bonds. The van der Waals surface area contributed by atoms with E-state index in [0.29, 0.717) is 0 Å². The summed E-state index contributed by atoms with van der Waals surface area (Å²) in [5.74, 6) is -7.13. The molecule has 0 aromatic carbocycles. The normalized spacial score (nSPS) is 18.4. The quantitative estimate of drug-likeness (QED) is 0.390. The van der Waals surface area contributed by atoms with E-state index in [1.165, 1.54) is 0 Å². The van der Waals surface area contributed by atoms with Crippen molar-refractivity contribution in [1.29, 1.82) is 0 Å². The van der Waals surface area contributed by atoms with Crippen molar-refractivity contribution in [1.82, 2.24) is 19.6 Å². The number of hydrogen-bond acceptors (Lipinski definition) is 4. The summed E-state index contributed by atoms with van der Waals surface area (Å²) in [6, 6.07) is 0. The molecule has 1 heterocycles. The summed E-state index contributed by atoms with van der Waals surface area (Å²) >= 11 is 0. The fraction of sp³-hybridized carbons (Fsp3) is 0.765. The second-order valence-corrected chi connectivity index (χ2v) is 7.22. The van der Waals surface area contributed by atoms with Crippen molar-refractivity contribution in [3.63, 3.8) is 0 Å². The molecular formula is C17H21F9N4O4. The standard InChI is InChI=1S/C17H21F9N4O4/c18-15(19,20)12(32)28-5-2-6-30(14(34)17(24,25)26)10-9-29(13(33)16(21,22)23)4-1-3-27(11-31)7-8-28/h11H,1-10H2. The number of nitrogens with zero attached hydrogens (tertiary/aromatic N) is 4. The van der Waals surface area contributed by atoms with E-state index >= 15 is 0 Å². The Kier molecular flexibility index (Phi) is 9.98. The van der Waals surface area contributed by atoms with Crippen molar-refractivity contribution in [3.05, 3.63) is 0 Å². The largest absolute Gasteiger partial charge is 0.471 e. The van der Waals surface area contributed by atoms with Gasteiger partial charge in [-0.15, -0.1) is 0 Å². The van der Waals surface area contributed by atoms with E-state index in [0.717, 1.165) is 4.90 Å². The Morgan fingerprint density at radius 2 is 0.794 bits per heavy atom. The van der Waals surface area contributed by atoms with Crippen LogP contribution in [0.3, 0.4) is 0 Å². The van der Waals surface area contributed by atoms with Gasteiger partial charge in [0.15, 0.2) is 0 Å². The Morgan fingerprint density at radius 1 is 0.500 bits per heavy atom. The van der Waals surface area contributed by atoms with Crippen LogP contribution in [0.15, 0.2) is 0 Å². The lowest BCUT2D eigenvalue weighted by atomic mass is 10.2. The van der Waals surface area contributed by atoms with Gasteiger partial charge in [-0.25, -0.2) is 0 Å². The van der Waals surface area contributed by atoms with Gasteiger partial charge in [0.25, 0.3) is 0 Å². The van der Waals surface area contributed by atoms with Gasteiger partial charge in [-0.1, -0.05) is 0 Å². The maximum absolute atomic E-state index is 12.9. The smallest absolute Gasteiger partial charge is 0.343 e. The number of amides is 4. The minimum Gasteiger partial charge on any atom is -0.343 e. The third kappa shape index (κ3) is 8.89. The van der Waals surface area contributed by atoms with Crippen molar-refractivity contribution in [2.24, 2.45) is 0 Å². The van der Waals surface area contributed by atoms with Gasteiger partial charge < -0.3 is 19.6 Å². The average molecular weight is 516 g/mol. The highest BCUT2D eigenvalue weighted by molar-refractivity contribution is 5.83. The average Bonchev–Trinajstić information content (AvgIpc) is 2.71. The molecule has 17 heteroatoms. The molecule has 0 N–H and O–H groups in total. The predicted molar refractivity (Wildman–Crippen MR) is 94.8 cm³/mol. The van der Waals surface area contributed by atoms with E-state index in [1.54, 1.807) is 0 Å². The molecule has 0 atom stereocenters. The first-order chi connectivity index (χ1) is 15.5. The molecule has 1 rings (SSSR count). The molecule has 0 aliphatic carbocycles. The van der Waals surface area contributed by atoms with Crippen LogP contribution in [0.25, 0.3) is 0 Å². The molecule has 34 heavy (non-hydrogen) atoms. The molecular weight excluding hydrogens is 495 g/mol. The van der Waals surface area contributed by atoms with Crippen LogP contribution in [0.2, 0.25) is 0 Å². The molecule has 0 unspecified atom stereocenters. The molecule has 0 radical (unpaired) electrons. The van der Waals surface area contributed by atoms with Crippen LogP contribution in [-0.2, 0) is 19.2 Å².